The Morgan fingerprint density at radius 2 is 2.00 bits per heavy atom. The van der Waals surface area contributed by atoms with Gasteiger partial charge in [-0.3, -0.25) is 14.5 Å². The highest BCUT2D eigenvalue weighted by molar-refractivity contribution is 5.97. The van der Waals surface area contributed by atoms with Crippen molar-refractivity contribution in [3.8, 4) is 12.3 Å². The van der Waals surface area contributed by atoms with Gasteiger partial charge in [-0.15, -0.1) is 6.42 Å². The van der Waals surface area contributed by atoms with Crippen molar-refractivity contribution in [2.45, 2.75) is 13.5 Å². The number of pyridine rings is 1. The second kappa shape index (κ2) is 8.77. The molecule has 2 aromatic heterocycles. The van der Waals surface area contributed by atoms with Gasteiger partial charge in [-0.2, -0.15) is 4.39 Å². The number of hydrogen-bond donors (Lipinski definition) is 2. The number of piperazine rings is 1. The van der Waals surface area contributed by atoms with E-state index in [1.165, 1.54) is 13.1 Å². The van der Waals surface area contributed by atoms with Crippen LogP contribution in [-0.4, -0.2) is 59.0 Å². The fourth-order valence-electron chi connectivity index (χ4n) is 3.92. The van der Waals surface area contributed by atoms with Crippen LogP contribution in [0, 0.1) is 25.2 Å². The van der Waals surface area contributed by atoms with Crippen molar-refractivity contribution in [2.75, 3.05) is 38.1 Å². The number of halogens is 1. The van der Waals surface area contributed by atoms with Gasteiger partial charge in [-0.1, -0.05) is 5.92 Å². The van der Waals surface area contributed by atoms with E-state index in [4.69, 9.17) is 6.42 Å². The smallest absolute Gasteiger partial charge is 0.271 e. The minimum atomic E-state index is -0.686. The standard InChI is InChI=1S/C23H23FN6O2/c1-4-16-11-15(12-17-20(16)26-14(2)22(31)27-17)13-29-7-9-30(10-8-29)18-5-6-19(24)28-21(18)23(32)25-3/h1,5-6,11-12H,7-10,13H2,2-3H3,(H,25,32)(H,27,31). The molecule has 1 aliphatic rings. The summed E-state index contributed by atoms with van der Waals surface area (Å²) in [6.07, 6.45) is 5.68. The zero-order chi connectivity index (χ0) is 22.8. The van der Waals surface area contributed by atoms with Crippen LogP contribution < -0.4 is 15.8 Å². The molecule has 8 nitrogen and oxygen atoms in total. The van der Waals surface area contributed by atoms with Crippen LogP contribution >= 0.6 is 0 Å². The predicted octanol–water partition coefficient (Wildman–Crippen LogP) is 1.43. The molecule has 2 N–H and O–H groups in total. The highest BCUT2D eigenvalue weighted by Crippen LogP contribution is 2.23. The number of carbonyl (C=O) groups is 1. The molecule has 1 saturated heterocycles. The maximum Gasteiger partial charge on any atom is 0.271 e. The van der Waals surface area contributed by atoms with E-state index in [2.05, 4.69) is 31.1 Å². The van der Waals surface area contributed by atoms with Gasteiger partial charge in [-0.05, 0) is 36.8 Å². The van der Waals surface area contributed by atoms with Gasteiger partial charge in [-0.25, -0.2) is 9.97 Å². The van der Waals surface area contributed by atoms with E-state index < -0.39 is 11.9 Å². The molecule has 0 unspecified atom stereocenters. The molecule has 3 heterocycles. The van der Waals surface area contributed by atoms with Gasteiger partial charge in [0.1, 0.15) is 11.2 Å². The summed E-state index contributed by atoms with van der Waals surface area (Å²) in [5.41, 5.74) is 3.71. The molecule has 3 aromatic rings. The normalized spacial score (nSPS) is 14.4. The Bertz CT molecular complexity index is 1290. The number of carbonyl (C=O) groups excluding carboxylic acids is 1. The number of aromatic nitrogens is 3. The van der Waals surface area contributed by atoms with E-state index in [1.54, 1.807) is 13.0 Å². The van der Waals surface area contributed by atoms with Gasteiger partial charge in [0.2, 0.25) is 5.95 Å². The van der Waals surface area contributed by atoms with Crippen LogP contribution in [0.1, 0.15) is 27.3 Å². The lowest BCUT2D eigenvalue weighted by atomic mass is 10.1. The Morgan fingerprint density at radius 3 is 2.69 bits per heavy atom. The maximum absolute atomic E-state index is 13.6. The summed E-state index contributed by atoms with van der Waals surface area (Å²) in [5, 5.41) is 2.51. The van der Waals surface area contributed by atoms with Crippen LogP contribution in [0.2, 0.25) is 0 Å². The summed E-state index contributed by atoms with van der Waals surface area (Å²) in [5.74, 6) is 1.56. The van der Waals surface area contributed by atoms with E-state index in [9.17, 15) is 14.0 Å². The van der Waals surface area contributed by atoms with E-state index in [0.717, 1.165) is 18.7 Å². The summed E-state index contributed by atoms with van der Waals surface area (Å²) < 4.78 is 13.6. The third-order valence-electron chi connectivity index (χ3n) is 5.58. The SMILES string of the molecule is C#Cc1cc(CN2CCN(c3ccc(F)nc3C(=O)NC)CC2)cc2[nH]c(=O)c(C)nc12. The largest absolute Gasteiger partial charge is 0.367 e. The third-order valence-corrected chi connectivity index (χ3v) is 5.58. The minimum absolute atomic E-state index is 0.0842. The van der Waals surface area contributed by atoms with Crippen molar-refractivity contribution in [2.24, 2.45) is 0 Å². The number of aryl methyl sites for hydroxylation is 1. The van der Waals surface area contributed by atoms with Crippen molar-refractivity contribution in [3.05, 3.63) is 63.1 Å². The number of rotatable bonds is 4. The molecule has 0 spiro atoms. The Morgan fingerprint density at radius 1 is 1.25 bits per heavy atom. The van der Waals surface area contributed by atoms with Gasteiger partial charge < -0.3 is 15.2 Å². The fraction of sp³-hybridized carbons (Fsp3) is 0.304. The van der Waals surface area contributed by atoms with E-state index in [-0.39, 0.29) is 11.3 Å². The Kier molecular flexibility index (Phi) is 5.88. The van der Waals surface area contributed by atoms with Crippen LogP contribution in [0.5, 0.6) is 0 Å². The first-order chi connectivity index (χ1) is 15.4. The van der Waals surface area contributed by atoms with Crippen molar-refractivity contribution in [1.82, 2.24) is 25.2 Å². The van der Waals surface area contributed by atoms with Crippen molar-refractivity contribution < 1.29 is 9.18 Å². The molecule has 1 aliphatic heterocycles. The lowest BCUT2D eigenvalue weighted by Gasteiger charge is -2.36. The molecule has 0 bridgehead atoms. The number of hydrogen-bond acceptors (Lipinski definition) is 6. The van der Waals surface area contributed by atoms with Crippen molar-refractivity contribution >= 4 is 22.6 Å². The third kappa shape index (κ3) is 4.18. The van der Waals surface area contributed by atoms with Gasteiger partial charge in [0.25, 0.3) is 11.5 Å². The Hall–Kier alpha value is -3.77. The molecule has 4 rings (SSSR count). The maximum atomic E-state index is 13.6. The summed E-state index contributed by atoms with van der Waals surface area (Å²) in [6, 6.07) is 6.69. The van der Waals surface area contributed by atoms with Gasteiger partial charge in [0.05, 0.1) is 16.8 Å². The van der Waals surface area contributed by atoms with E-state index in [0.29, 0.717) is 47.6 Å². The molecule has 0 atom stereocenters. The highest BCUT2D eigenvalue weighted by Gasteiger charge is 2.23. The Labute approximate surface area is 184 Å². The molecular formula is C23H23FN6O2. The molecule has 1 fully saturated rings. The predicted molar refractivity (Wildman–Crippen MR) is 120 cm³/mol. The zero-order valence-corrected chi connectivity index (χ0v) is 17.9. The monoisotopic (exact) mass is 434 g/mol. The number of terminal acetylenes is 1. The number of fused-ring (bicyclic) bond motifs is 1. The highest BCUT2D eigenvalue weighted by atomic mass is 19.1. The average Bonchev–Trinajstić information content (AvgIpc) is 2.79. The first-order valence-electron chi connectivity index (χ1n) is 10.3. The average molecular weight is 434 g/mol. The molecule has 0 saturated carbocycles. The van der Waals surface area contributed by atoms with Crippen LogP contribution in [0.4, 0.5) is 10.1 Å². The molecular weight excluding hydrogens is 411 g/mol. The number of nitrogens with zero attached hydrogens (tertiary/aromatic N) is 4. The summed E-state index contributed by atoms with van der Waals surface area (Å²) >= 11 is 0. The van der Waals surface area contributed by atoms with Gasteiger partial charge >= 0.3 is 0 Å². The number of aromatic amines is 1. The van der Waals surface area contributed by atoms with Crippen LogP contribution in [0.15, 0.2) is 29.1 Å². The quantitative estimate of drug-likeness (QED) is 0.477. The van der Waals surface area contributed by atoms with Gasteiger partial charge in [0.15, 0.2) is 5.69 Å². The number of nitrogens with one attached hydrogen (secondary N) is 2. The minimum Gasteiger partial charge on any atom is -0.367 e. The molecule has 32 heavy (non-hydrogen) atoms. The molecule has 0 aliphatic carbocycles. The molecule has 9 heteroatoms. The van der Waals surface area contributed by atoms with Gasteiger partial charge in [0, 0.05) is 39.8 Å². The first-order valence-corrected chi connectivity index (χ1v) is 10.3. The number of amides is 1. The topological polar surface area (TPSA) is 94.2 Å². The summed E-state index contributed by atoms with van der Waals surface area (Å²) in [4.78, 5) is 39.4. The Balaban J connectivity index is 1.51. The summed E-state index contributed by atoms with van der Waals surface area (Å²) in [7, 11) is 1.49. The lowest BCUT2D eigenvalue weighted by Crippen LogP contribution is -2.46. The van der Waals surface area contributed by atoms with Crippen LogP contribution in [0.25, 0.3) is 11.0 Å². The molecule has 1 aromatic carbocycles. The molecule has 0 radical (unpaired) electrons. The fourth-order valence-corrected chi connectivity index (χ4v) is 3.92. The zero-order valence-electron chi connectivity index (χ0n) is 17.9. The second-order valence-corrected chi connectivity index (χ2v) is 7.68. The first kappa shape index (κ1) is 21.5. The van der Waals surface area contributed by atoms with Crippen molar-refractivity contribution in [1.29, 1.82) is 0 Å². The summed E-state index contributed by atoms with van der Waals surface area (Å²) in [6.45, 7) is 5.08. The van der Waals surface area contributed by atoms with Crippen LogP contribution in [-0.2, 0) is 6.54 Å². The molecule has 164 valence electrons. The van der Waals surface area contributed by atoms with Crippen LogP contribution in [0.3, 0.4) is 0 Å². The second-order valence-electron chi connectivity index (χ2n) is 7.68. The number of benzene rings is 1. The van der Waals surface area contributed by atoms with E-state index >= 15 is 0 Å². The number of anilines is 1. The van der Waals surface area contributed by atoms with E-state index in [1.807, 2.05) is 17.0 Å². The molecule has 1 amide bonds. The lowest BCUT2D eigenvalue weighted by molar-refractivity contribution is 0.0957. The number of H-pyrrole nitrogens is 1. The van der Waals surface area contributed by atoms with Crippen molar-refractivity contribution in [3.63, 3.8) is 0 Å².